The maximum Gasteiger partial charge on any atom is 0.391 e. The standard InChI is InChI=1S/C15H15F3N6O/c16-15(17,18)6-9(25)7-20-13-10-2-1-8(11-3-4-21-24-11)5-12(10)22-14(19)23-13/h1-5,9,25H,6-7H2,(H,21,24)(H3,19,20,22,23). The zero-order valence-corrected chi connectivity index (χ0v) is 12.9. The van der Waals surface area contributed by atoms with Gasteiger partial charge in [0.25, 0.3) is 0 Å². The van der Waals surface area contributed by atoms with Crippen molar-refractivity contribution < 1.29 is 18.3 Å². The third kappa shape index (κ3) is 4.15. The van der Waals surface area contributed by atoms with Gasteiger partial charge >= 0.3 is 6.18 Å². The smallest absolute Gasteiger partial charge is 0.391 e. The number of benzene rings is 1. The van der Waals surface area contributed by atoms with E-state index in [4.69, 9.17) is 5.73 Å². The second-order valence-corrected chi connectivity index (χ2v) is 5.49. The summed E-state index contributed by atoms with van der Waals surface area (Å²) in [5, 5.41) is 19.5. The molecule has 7 nitrogen and oxygen atoms in total. The van der Waals surface area contributed by atoms with Crippen LogP contribution in [0.25, 0.3) is 22.2 Å². The number of rotatable bonds is 5. The Hall–Kier alpha value is -2.88. The number of hydrogen-bond donors (Lipinski definition) is 4. The Morgan fingerprint density at radius 1 is 1.24 bits per heavy atom. The number of nitrogens with zero attached hydrogens (tertiary/aromatic N) is 3. The maximum atomic E-state index is 12.3. The second-order valence-electron chi connectivity index (χ2n) is 5.49. The molecule has 132 valence electrons. The summed E-state index contributed by atoms with van der Waals surface area (Å²) in [5.74, 6) is 0.238. The number of nitrogens with one attached hydrogen (secondary N) is 2. The van der Waals surface area contributed by atoms with E-state index in [1.54, 1.807) is 30.5 Å². The van der Waals surface area contributed by atoms with Gasteiger partial charge in [0.2, 0.25) is 5.95 Å². The number of halogens is 3. The molecule has 5 N–H and O–H groups in total. The summed E-state index contributed by atoms with van der Waals surface area (Å²) in [6.45, 7) is -0.312. The van der Waals surface area contributed by atoms with Crippen LogP contribution in [0.2, 0.25) is 0 Å². The SMILES string of the molecule is Nc1nc(NCC(O)CC(F)(F)F)c2ccc(-c3ccn[nH]3)cc2n1. The van der Waals surface area contributed by atoms with Crippen molar-refractivity contribution in [2.45, 2.75) is 18.7 Å². The molecule has 1 atom stereocenters. The third-order valence-corrected chi connectivity index (χ3v) is 3.50. The highest BCUT2D eigenvalue weighted by Crippen LogP contribution is 2.27. The fourth-order valence-corrected chi connectivity index (χ4v) is 2.42. The number of anilines is 2. The second kappa shape index (κ2) is 6.55. The molecule has 0 spiro atoms. The molecular weight excluding hydrogens is 337 g/mol. The van der Waals surface area contributed by atoms with E-state index in [2.05, 4.69) is 25.5 Å². The van der Waals surface area contributed by atoms with Gasteiger partial charge in [-0.15, -0.1) is 0 Å². The highest BCUT2D eigenvalue weighted by Gasteiger charge is 2.31. The first-order chi connectivity index (χ1) is 11.8. The summed E-state index contributed by atoms with van der Waals surface area (Å²) in [6, 6.07) is 7.08. The van der Waals surface area contributed by atoms with Crippen molar-refractivity contribution in [3.8, 4) is 11.3 Å². The van der Waals surface area contributed by atoms with Gasteiger partial charge in [0.1, 0.15) is 5.82 Å². The van der Waals surface area contributed by atoms with Gasteiger partial charge < -0.3 is 16.2 Å². The Morgan fingerprint density at radius 3 is 2.72 bits per heavy atom. The van der Waals surface area contributed by atoms with Crippen LogP contribution in [-0.4, -0.2) is 44.1 Å². The summed E-state index contributed by atoms with van der Waals surface area (Å²) >= 11 is 0. The summed E-state index contributed by atoms with van der Waals surface area (Å²) in [7, 11) is 0. The number of hydrogen-bond acceptors (Lipinski definition) is 6. The van der Waals surface area contributed by atoms with Crippen molar-refractivity contribution in [3.05, 3.63) is 30.5 Å². The fourth-order valence-electron chi connectivity index (χ4n) is 2.42. The van der Waals surface area contributed by atoms with Crippen LogP contribution in [0.15, 0.2) is 30.5 Å². The quantitative estimate of drug-likeness (QED) is 0.561. The number of H-pyrrole nitrogens is 1. The van der Waals surface area contributed by atoms with E-state index < -0.39 is 18.7 Å². The van der Waals surface area contributed by atoms with Crippen molar-refractivity contribution >= 4 is 22.7 Å². The lowest BCUT2D eigenvalue weighted by Gasteiger charge is -2.15. The van der Waals surface area contributed by atoms with Gasteiger partial charge in [0.15, 0.2) is 0 Å². The summed E-state index contributed by atoms with van der Waals surface area (Å²) < 4.78 is 36.9. The van der Waals surface area contributed by atoms with Crippen LogP contribution in [-0.2, 0) is 0 Å². The molecule has 0 amide bonds. The topological polar surface area (TPSA) is 113 Å². The summed E-state index contributed by atoms with van der Waals surface area (Å²) in [4.78, 5) is 8.15. The largest absolute Gasteiger partial charge is 0.391 e. The predicted molar refractivity (Wildman–Crippen MR) is 86.7 cm³/mol. The molecule has 2 heterocycles. The number of nitrogens with two attached hydrogens (primary N) is 1. The molecule has 1 aromatic carbocycles. The molecule has 3 aromatic rings. The molecule has 0 aliphatic heterocycles. The van der Waals surface area contributed by atoms with E-state index in [1.165, 1.54) is 0 Å². The van der Waals surface area contributed by atoms with Gasteiger partial charge in [-0.25, -0.2) is 4.98 Å². The van der Waals surface area contributed by atoms with E-state index in [1.807, 2.05) is 0 Å². The molecule has 10 heteroatoms. The van der Waals surface area contributed by atoms with Crippen molar-refractivity contribution in [1.82, 2.24) is 20.2 Å². The zero-order valence-electron chi connectivity index (χ0n) is 12.9. The number of aliphatic hydroxyl groups is 1. The zero-order chi connectivity index (χ0) is 18.0. The first-order valence-corrected chi connectivity index (χ1v) is 7.37. The number of fused-ring (bicyclic) bond motifs is 1. The van der Waals surface area contributed by atoms with E-state index >= 15 is 0 Å². The monoisotopic (exact) mass is 352 g/mol. The van der Waals surface area contributed by atoms with E-state index in [9.17, 15) is 18.3 Å². The van der Waals surface area contributed by atoms with Crippen molar-refractivity contribution in [2.75, 3.05) is 17.6 Å². The lowest BCUT2D eigenvalue weighted by Crippen LogP contribution is -2.26. The van der Waals surface area contributed by atoms with E-state index in [0.717, 1.165) is 11.3 Å². The molecular formula is C15H15F3N6O. The Morgan fingerprint density at radius 2 is 2.04 bits per heavy atom. The van der Waals surface area contributed by atoms with Crippen molar-refractivity contribution in [2.24, 2.45) is 0 Å². The predicted octanol–water partition coefficient (Wildman–Crippen LogP) is 2.33. The molecule has 0 saturated carbocycles. The molecule has 3 rings (SSSR count). The molecule has 2 aromatic heterocycles. The molecule has 0 aliphatic rings. The van der Waals surface area contributed by atoms with Gasteiger partial charge in [0.05, 0.1) is 23.7 Å². The first-order valence-electron chi connectivity index (χ1n) is 7.37. The Labute approximate surface area is 140 Å². The van der Waals surface area contributed by atoms with Gasteiger partial charge in [0, 0.05) is 23.7 Å². The van der Waals surface area contributed by atoms with Crippen LogP contribution < -0.4 is 11.1 Å². The average Bonchev–Trinajstić information content (AvgIpc) is 3.04. The Balaban J connectivity index is 1.85. The highest BCUT2D eigenvalue weighted by atomic mass is 19.4. The van der Waals surface area contributed by atoms with Crippen molar-refractivity contribution in [3.63, 3.8) is 0 Å². The van der Waals surface area contributed by atoms with E-state index in [0.29, 0.717) is 10.9 Å². The van der Waals surface area contributed by atoms with Crippen LogP contribution in [0, 0.1) is 0 Å². The average molecular weight is 352 g/mol. The van der Waals surface area contributed by atoms with Crippen LogP contribution in [0.5, 0.6) is 0 Å². The number of alkyl halides is 3. The number of aromatic nitrogens is 4. The third-order valence-electron chi connectivity index (χ3n) is 3.50. The van der Waals surface area contributed by atoms with Gasteiger partial charge in [-0.3, -0.25) is 5.10 Å². The van der Waals surface area contributed by atoms with Crippen LogP contribution >= 0.6 is 0 Å². The van der Waals surface area contributed by atoms with Crippen LogP contribution in [0.1, 0.15) is 6.42 Å². The fraction of sp³-hybridized carbons (Fsp3) is 0.267. The number of nitrogen functional groups attached to an aromatic ring is 1. The van der Waals surface area contributed by atoms with Crippen LogP contribution in [0.3, 0.4) is 0 Å². The highest BCUT2D eigenvalue weighted by molar-refractivity contribution is 5.92. The minimum atomic E-state index is -4.44. The minimum absolute atomic E-state index is 0.0259. The van der Waals surface area contributed by atoms with Crippen molar-refractivity contribution in [1.29, 1.82) is 0 Å². The Kier molecular flexibility index (Phi) is 4.45. The van der Waals surface area contributed by atoms with Gasteiger partial charge in [-0.1, -0.05) is 6.07 Å². The number of aromatic amines is 1. The van der Waals surface area contributed by atoms with Gasteiger partial charge in [-0.2, -0.15) is 23.3 Å². The molecule has 25 heavy (non-hydrogen) atoms. The first kappa shape index (κ1) is 17.0. The van der Waals surface area contributed by atoms with Gasteiger partial charge in [-0.05, 0) is 18.2 Å². The molecule has 0 bridgehead atoms. The summed E-state index contributed by atoms with van der Waals surface area (Å²) in [6.07, 6.45) is -5.71. The molecule has 0 saturated heterocycles. The molecule has 0 aliphatic carbocycles. The Bertz CT molecular complexity index is 866. The molecule has 1 unspecified atom stereocenters. The normalized spacial score (nSPS) is 13.1. The minimum Gasteiger partial charge on any atom is -0.391 e. The molecule has 0 fully saturated rings. The number of aliphatic hydroxyl groups excluding tert-OH is 1. The molecule has 0 radical (unpaired) electrons. The van der Waals surface area contributed by atoms with Crippen LogP contribution in [0.4, 0.5) is 24.9 Å². The lowest BCUT2D eigenvalue weighted by molar-refractivity contribution is -0.151. The lowest BCUT2D eigenvalue weighted by atomic mass is 10.1. The van der Waals surface area contributed by atoms with E-state index in [-0.39, 0.29) is 18.3 Å². The summed E-state index contributed by atoms with van der Waals surface area (Å²) in [5.41, 5.74) is 7.81. The maximum absolute atomic E-state index is 12.3.